The van der Waals surface area contributed by atoms with Gasteiger partial charge in [-0.3, -0.25) is 0 Å². The highest BCUT2D eigenvalue weighted by Crippen LogP contribution is 2.26. The number of anilines is 1. The number of benzene rings is 2. The fourth-order valence-corrected chi connectivity index (χ4v) is 3.52. The van der Waals surface area contributed by atoms with E-state index in [2.05, 4.69) is 0 Å². The number of hydrogen-bond acceptors (Lipinski definition) is 6. The first kappa shape index (κ1) is 20.2. The van der Waals surface area contributed by atoms with Crippen molar-refractivity contribution in [3.05, 3.63) is 78.1 Å². The maximum atomic E-state index is 12.5. The van der Waals surface area contributed by atoms with Crippen LogP contribution in [0.5, 0.6) is 11.5 Å². The number of nitrogen functional groups attached to an aromatic ring is 1. The molecule has 0 aliphatic rings. The molecule has 0 fully saturated rings. The van der Waals surface area contributed by atoms with Gasteiger partial charge in [-0.1, -0.05) is 0 Å². The predicted octanol–water partition coefficient (Wildman–Crippen LogP) is 2.58. The fraction of sp³-hybridized carbons (Fsp3) is 0.143. The van der Waals surface area contributed by atoms with Crippen LogP contribution in [0.3, 0.4) is 0 Å². The summed E-state index contributed by atoms with van der Waals surface area (Å²) < 4.78 is 37.9. The van der Waals surface area contributed by atoms with E-state index in [1.165, 1.54) is 30.3 Å². The third-order valence-electron chi connectivity index (χ3n) is 4.04. The number of rotatable bonds is 7. The summed E-state index contributed by atoms with van der Waals surface area (Å²) in [5, 5.41) is 8.83. The van der Waals surface area contributed by atoms with Crippen molar-refractivity contribution >= 4 is 15.8 Å². The minimum absolute atomic E-state index is 0.0276. The zero-order valence-corrected chi connectivity index (χ0v) is 16.6. The van der Waals surface area contributed by atoms with Gasteiger partial charge in [-0.2, -0.15) is 13.7 Å². The lowest BCUT2D eigenvalue weighted by Crippen LogP contribution is -2.35. The molecule has 3 aromatic rings. The van der Waals surface area contributed by atoms with Crippen molar-refractivity contribution in [1.29, 1.82) is 5.26 Å². The molecule has 29 heavy (non-hydrogen) atoms. The van der Waals surface area contributed by atoms with Gasteiger partial charge in [0.1, 0.15) is 23.0 Å². The van der Waals surface area contributed by atoms with E-state index in [4.69, 9.17) is 19.9 Å². The molecule has 7 nitrogen and oxygen atoms in total. The Balaban J connectivity index is 1.69. The second-order valence-corrected chi connectivity index (χ2v) is 7.92. The average molecular weight is 410 g/mol. The fourth-order valence-electron chi connectivity index (χ4n) is 2.60. The van der Waals surface area contributed by atoms with Gasteiger partial charge in [0, 0.05) is 23.9 Å². The smallest absolute Gasteiger partial charge is 0.339 e. The number of hydrogen-bond donors (Lipinski definition) is 1. The zero-order chi connectivity index (χ0) is 20.9. The first-order valence-electron chi connectivity index (χ1n) is 8.79. The highest BCUT2D eigenvalue weighted by molar-refractivity contribution is 7.87. The molecule has 0 radical (unpaired) electrons. The van der Waals surface area contributed by atoms with Crippen LogP contribution in [0.4, 0.5) is 5.69 Å². The number of aryl methyl sites for hydroxylation is 1. The second kappa shape index (κ2) is 8.63. The Hall–Kier alpha value is -3.57. The van der Waals surface area contributed by atoms with Crippen LogP contribution in [0.15, 0.2) is 71.9 Å². The molecule has 0 atom stereocenters. The van der Waals surface area contributed by atoms with Crippen molar-refractivity contribution < 1.29 is 21.9 Å². The molecule has 0 aliphatic heterocycles. The van der Waals surface area contributed by atoms with E-state index in [9.17, 15) is 8.42 Å². The maximum Gasteiger partial charge on any atom is 0.339 e. The van der Waals surface area contributed by atoms with Gasteiger partial charge >= 0.3 is 10.1 Å². The normalized spacial score (nSPS) is 10.9. The summed E-state index contributed by atoms with van der Waals surface area (Å²) >= 11 is 0. The SMILES string of the molecule is Cc1cc(OCC[n+]2ccc(N)cc2)cc(OS(=O)(=O)c2ccc(C#N)cc2)c1. The lowest BCUT2D eigenvalue weighted by atomic mass is 10.2. The number of pyridine rings is 1. The molecular formula is C21H20N3O4S+. The van der Waals surface area contributed by atoms with E-state index in [0.29, 0.717) is 30.2 Å². The number of nitriles is 1. The van der Waals surface area contributed by atoms with Gasteiger partial charge in [0.25, 0.3) is 0 Å². The molecule has 2 N–H and O–H groups in total. The molecule has 0 saturated carbocycles. The zero-order valence-electron chi connectivity index (χ0n) is 15.8. The van der Waals surface area contributed by atoms with Crippen LogP contribution in [0.2, 0.25) is 0 Å². The Kier molecular flexibility index (Phi) is 6.00. The quantitative estimate of drug-likeness (QED) is 0.474. The van der Waals surface area contributed by atoms with Gasteiger partial charge in [-0.25, -0.2) is 4.57 Å². The van der Waals surface area contributed by atoms with Crippen LogP contribution in [-0.2, 0) is 16.7 Å². The first-order valence-corrected chi connectivity index (χ1v) is 10.2. The number of ether oxygens (including phenoxy) is 1. The number of nitrogens with zero attached hydrogens (tertiary/aromatic N) is 2. The third-order valence-corrected chi connectivity index (χ3v) is 5.30. The summed E-state index contributed by atoms with van der Waals surface area (Å²) in [7, 11) is -4.02. The largest absolute Gasteiger partial charge is 0.487 e. The Morgan fingerprint density at radius 2 is 1.69 bits per heavy atom. The summed E-state index contributed by atoms with van der Waals surface area (Å²) in [6, 6.07) is 16.0. The van der Waals surface area contributed by atoms with Gasteiger partial charge in [0.2, 0.25) is 0 Å². The Bertz CT molecular complexity index is 1140. The average Bonchev–Trinajstić information content (AvgIpc) is 2.69. The van der Waals surface area contributed by atoms with Gasteiger partial charge in [-0.05, 0) is 48.9 Å². The van der Waals surface area contributed by atoms with E-state index >= 15 is 0 Å². The van der Waals surface area contributed by atoms with Gasteiger partial charge in [0.05, 0.1) is 11.6 Å². The Labute approximate surface area is 169 Å². The van der Waals surface area contributed by atoms with Gasteiger partial charge in [-0.15, -0.1) is 0 Å². The molecule has 0 unspecified atom stereocenters. The molecule has 0 bridgehead atoms. The van der Waals surface area contributed by atoms with Crippen molar-refractivity contribution in [2.75, 3.05) is 12.3 Å². The Morgan fingerprint density at radius 3 is 2.34 bits per heavy atom. The summed E-state index contributed by atoms with van der Waals surface area (Å²) in [6.07, 6.45) is 3.71. The molecular weight excluding hydrogens is 390 g/mol. The monoisotopic (exact) mass is 410 g/mol. The van der Waals surface area contributed by atoms with Crippen molar-refractivity contribution in [3.63, 3.8) is 0 Å². The van der Waals surface area contributed by atoms with E-state index < -0.39 is 10.1 Å². The highest BCUT2D eigenvalue weighted by Gasteiger charge is 2.17. The molecule has 3 rings (SSSR count). The van der Waals surface area contributed by atoms with Crippen LogP contribution in [0, 0.1) is 18.3 Å². The van der Waals surface area contributed by atoms with Crippen LogP contribution < -0.4 is 19.2 Å². The first-order chi connectivity index (χ1) is 13.9. The van der Waals surface area contributed by atoms with Crippen molar-refractivity contribution in [2.24, 2.45) is 0 Å². The summed E-state index contributed by atoms with van der Waals surface area (Å²) in [5.41, 5.74) is 7.52. The molecule has 0 saturated heterocycles. The lowest BCUT2D eigenvalue weighted by Gasteiger charge is -2.11. The van der Waals surface area contributed by atoms with Crippen LogP contribution >= 0.6 is 0 Å². The third kappa shape index (κ3) is 5.46. The second-order valence-electron chi connectivity index (χ2n) is 6.37. The number of nitrogens with two attached hydrogens (primary N) is 1. The Morgan fingerprint density at radius 1 is 1.03 bits per heavy atom. The van der Waals surface area contributed by atoms with Crippen molar-refractivity contribution in [1.82, 2.24) is 0 Å². The van der Waals surface area contributed by atoms with Gasteiger partial charge in [0.15, 0.2) is 18.9 Å². The van der Waals surface area contributed by atoms with Gasteiger partial charge < -0.3 is 14.7 Å². The molecule has 8 heteroatoms. The van der Waals surface area contributed by atoms with E-state index in [-0.39, 0.29) is 10.6 Å². The van der Waals surface area contributed by atoms with Crippen LogP contribution in [-0.4, -0.2) is 15.0 Å². The number of aromatic nitrogens is 1. The van der Waals surface area contributed by atoms with E-state index in [1.807, 2.05) is 30.0 Å². The van der Waals surface area contributed by atoms with Crippen LogP contribution in [0.25, 0.3) is 0 Å². The summed E-state index contributed by atoms with van der Waals surface area (Å²) in [5.74, 6) is 0.663. The maximum absolute atomic E-state index is 12.5. The van der Waals surface area contributed by atoms with E-state index in [1.54, 1.807) is 24.3 Å². The van der Waals surface area contributed by atoms with Crippen LogP contribution in [0.1, 0.15) is 11.1 Å². The molecule has 0 amide bonds. The standard InChI is InChI=1S/C21H19N3O4S/c1-16-12-19(27-11-10-24-8-6-18(23)7-9-24)14-20(13-16)28-29(25,26)21-4-2-17(15-22)3-5-21/h2-9,12-14,23H,10-11H2,1H3/p+1. The van der Waals surface area contributed by atoms with E-state index in [0.717, 1.165) is 5.56 Å². The molecule has 2 aromatic carbocycles. The predicted molar refractivity (Wildman–Crippen MR) is 107 cm³/mol. The highest BCUT2D eigenvalue weighted by atomic mass is 32.2. The van der Waals surface area contributed by atoms with Crippen molar-refractivity contribution in [2.45, 2.75) is 18.4 Å². The molecule has 0 spiro atoms. The minimum Gasteiger partial charge on any atom is -0.487 e. The molecule has 1 aromatic heterocycles. The summed E-state index contributed by atoms with van der Waals surface area (Å²) in [4.78, 5) is -0.0276. The molecule has 0 aliphatic carbocycles. The lowest BCUT2D eigenvalue weighted by molar-refractivity contribution is -0.697. The molecule has 148 valence electrons. The molecule has 1 heterocycles. The minimum atomic E-state index is -4.02. The summed E-state index contributed by atoms with van der Waals surface area (Å²) in [6.45, 7) is 2.82. The topological polar surface area (TPSA) is 106 Å². The van der Waals surface area contributed by atoms with Crippen molar-refractivity contribution in [3.8, 4) is 17.6 Å².